The molecule has 0 bridgehead atoms. The number of carbonyl (C=O) groups is 1. The van der Waals surface area contributed by atoms with E-state index in [-0.39, 0.29) is 5.56 Å². The molecule has 5 nitrogen and oxygen atoms in total. The summed E-state index contributed by atoms with van der Waals surface area (Å²) in [4.78, 5) is 22.3. The van der Waals surface area contributed by atoms with Crippen LogP contribution < -0.4 is 0 Å². The van der Waals surface area contributed by atoms with Crippen LogP contribution in [0.1, 0.15) is 36.5 Å². The van der Waals surface area contributed by atoms with Crippen LogP contribution in [-0.2, 0) is 6.42 Å². The maximum Gasteiger partial charge on any atom is 0.337 e. The zero-order valence-corrected chi connectivity index (χ0v) is 9.90. The van der Waals surface area contributed by atoms with Crippen molar-refractivity contribution in [2.45, 2.75) is 26.7 Å². The first-order valence-electron chi connectivity index (χ1n) is 5.68. The van der Waals surface area contributed by atoms with E-state index < -0.39 is 5.97 Å². The Morgan fingerprint density at radius 3 is 3.00 bits per heavy atom. The number of fused-ring (bicyclic) bond motifs is 1. The SMILES string of the molecule is CCC(C)Cc1nc2ncc(C(=O)O)cc2[nH]1. The van der Waals surface area contributed by atoms with Crippen molar-refractivity contribution in [3.05, 3.63) is 23.7 Å². The number of H-pyrrole nitrogens is 1. The molecule has 2 aromatic rings. The third-order valence-electron chi connectivity index (χ3n) is 2.87. The fourth-order valence-electron chi connectivity index (χ4n) is 1.64. The van der Waals surface area contributed by atoms with E-state index in [0.29, 0.717) is 17.1 Å². The third-order valence-corrected chi connectivity index (χ3v) is 2.87. The Labute approximate surface area is 98.9 Å². The van der Waals surface area contributed by atoms with Crippen LogP contribution in [0.25, 0.3) is 11.2 Å². The van der Waals surface area contributed by atoms with Crippen molar-refractivity contribution in [2.75, 3.05) is 0 Å². The van der Waals surface area contributed by atoms with Crippen LogP contribution in [0.4, 0.5) is 0 Å². The molecule has 0 amide bonds. The number of carboxylic acids is 1. The highest BCUT2D eigenvalue weighted by atomic mass is 16.4. The molecule has 0 saturated carbocycles. The summed E-state index contributed by atoms with van der Waals surface area (Å²) in [7, 11) is 0. The van der Waals surface area contributed by atoms with E-state index in [4.69, 9.17) is 5.11 Å². The second-order valence-electron chi connectivity index (χ2n) is 4.30. The lowest BCUT2D eigenvalue weighted by Crippen LogP contribution is -1.99. The van der Waals surface area contributed by atoms with Gasteiger partial charge in [-0.2, -0.15) is 0 Å². The summed E-state index contributed by atoms with van der Waals surface area (Å²) >= 11 is 0. The Morgan fingerprint density at radius 2 is 2.35 bits per heavy atom. The summed E-state index contributed by atoms with van der Waals surface area (Å²) < 4.78 is 0. The number of nitrogens with one attached hydrogen (secondary N) is 1. The molecular weight excluding hydrogens is 218 g/mol. The molecule has 0 aliphatic rings. The van der Waals surface area contributed by atoms with Gasteiger partial charge in [-0.25, -0.2) is 14.8 Å². The summed E-state index contributed by atoms with van der Waals surface area (Å²) in [6.07, 6.45) is 3.28. The van der Waals surface area contributed by atoms with E-state index >= 15 is 0 Å². The van der Waals surface area contributed by atoms with Gasteiger partial charge in [-0.1, -0.05) is 20.3 Å². The zero-order valence-electron chi connectivity index (χ0n) is 9.90. The molecule has 0 aromatic carbocycles. The highest BCUT2D eigenvalue weighted by Gasteiger charge is 2.10. The number of nitrogens with zero attached hydrogens (tertiary/aromatic N) is 2. The molecule has 2 N–H and O–H groups in total. The number of aromatic carboxylic acids is 1. The van der Waals surface area contributed by atoms with Crippen LogP contribution in [0.15, 0.2) is 12.3 Å². The molecule has 0 aliphatic carbocycles. The van der Waals surface area contributed by atoms with Gasteiger partial charge in [-0.05, 0) is 12.0 Å². The zero-order chi connectivity index (χ0) is 12.4. The molecule has 17 heavy (non-hydrogen) atoms. The van der Waals surface area contributed by atoms with Gasteiger partial charge in [0.1, 0.15) is 5.82 Å². The van der Waals surface area contributed by atoms with Crippen LogP contribution in [0.3, 0.4) is 0 Å². The van der Waals surface area contributed by atoms with Crippen LogP contribution in [0.2, 0.25) is 0 Å². The van der Waals surface area contributed by atoms with E-state index in [9.17, 15) is 4.79 Å². The van der Waals surface area contributed by atoms with Gasteiger partial charge in [-0.15, -0.1) is 0 Å². The molecule has 90 valence electrons. The maximum atomic E-state index is 10.8. The van der Waals surface area contributed by atoms with Crippen molar-refractivity contribution < 1.29 is 9.90 Å². The first kappa shape index (κ1) is 11.6. The minimum atomic E-state index is -0.975. The van der Waals surface area contributed by atoms with Gasteiger partial charge in [0.2, 0.25) is 0 Å². The lowest BCUT2D eigenvalue weighted by molar-refractivity contribution is 0.0696. The maximum absolute atomic E-state index is 10.8. The van der Waals surface area contributed by atoms with Gasteiger partial charge in [0.15, 0.2) is 5.65 Å². The fourth-order valence-corrected chi connectivity index (χ4v) is 1.64. The fraction of sp³-hybridized carbons (Fsp3) is 0.417. The van der Waals surface area contributed by atoms with Crippen molar-refractivity contribution in [1.29, 1.82) is 0 Å². The Hall–Kier alpha value is -1.91. The quantitative estimate of drug-likeness (QED) is 0.848. The number of pyridine rings is 1. The second-order valence-corrected chi connectivity index (χ2v) is 4.30. The number of carboxylic acid groups (broad SMARTS) is 1. The molecule has 5 heteroatoms. The summed E-state index contributed by atoms with van der Waals surface area (Å²) in [5.41, 5.74) is 1.44. The van der Waals surface area contributed by atoms with Crippen LogP contribution in [-0.4, -0.2) is 26.0 Å². The minimum absolute atomic E-state index is 0.177. The molecule has 0 spiro atoms. The number of hydrogen-bond acceptors (Lipinski definition) is 3. The molecule has 1 atom stereocenters. The normalized spacial score (nSPS) is 12.8. The Kier molecular flexibility index (Phi) is 3.08. The lowest BCUT2D eigenvalue weighted by atomic mass is 10.1. The smallest absolute Gasteiger partial charge is 0.337 e. The molecule has 2 rings (SSSR count). The monoisotopic (exact) mass is 233 g/mol. The summed E-state index contributed by atoms with van der Waals surface area (Å²) in [6, 6.07) is 1.57. The Balaban J connectivity index is 2.33. The van der Waals surface area contributed by atoms with E-state index in [0.717, 1.165) is 18.7 Å². The molecule has 0 fully saturated rings. The summed E-state index contributed by atoms with van der Waals surface area (Å²) in [5.74, 6) is 0.441. The average molecular weight is 233 g/mol. The predicted molar refractivity (Wildman–Crippen MR) is 64.0 cm³/mol. The first-order valence-corrected chi connectivity index (χ1v) is 5.68. The molecule has 2 aromatic heterocycles. The van der Waals surface area contributed by atoms with Crippen molar-refractivity contribution in [2.24, 2.45) is 5.92 Å². The summed E-state index contributed by atoms with van der Waals surface area (Å²) in [6.45, 7) is 4.29. The van der Waals surface area contributed by atoms with Gasteiger partial charge in [0, 0.05) is 12.6 Å². The Morgan fingerprint density at radius 1 is 1.59 bits per heavy atom. The highest BCUT2D eigenvalue weighted by molar-refractivity contribution is 5.90. The van der Waals surface area contributed by atoms with E-state index in [1.54, 1.807) is 6.07 Å². The molecule has 0 radical (unpaired) electrons. The number of imidazole rings is 1. The van der Waals surface area contributed by atoms with Gasteiger partial charge in [-0.3, -0.25) is 0 Å². The predicted octanol–water partition coefficient (Wildman–Crippen LogP) is 2.24. The number of hydrogen-bond donors (Lipinski definition) is 2. The topological polar surface area (TPSA) is 78.9 Å². The van der Waals surface area contributed by atoms with E-state index in [1.165, 1.54) is 6.20 Å². The van der Waals surface area contributed by atoms with E-state index in [2.05, 4.69) is 28.8 Å². The van der Waals surface area contributed by atoms with Gasteiger partial charge in [0.25, 0.3) is 0 Å². The number of aromatic nitrogens is 3. The highest BCUT2D eigenvalue weighted by Crippen LogP contribution is 2.14. The number of rotatable bonds is 4. The van der Waals surface area contributed by atoms with Crippen molar-refractivity contribution in [3.8, 4) is 0 Å². The first-order chi connectivity index (χ1) is 8.10. The van der Waals surface area contributed by atoms with Gasteiger partial charge in [0.05, 0.1) is 11.1 Å². The van der Waals surface area contributed by atoms with E-state index in [1.807, 2.05) is 0 Å². The molecule has 0 saturated heterocycles. The minimum Gasteiger partial charge on any atom is -0.478 e. The van der Waals surface area contributed by atoms with Crippen LogP contribution in [0.5, 0.6) is 0 Å². The van der Waals surface area contributed by atoms with Gasteiger partial charge >= 0.3 is 5.97 Å². The van der Waals surface area contributed by atoms with Crippen molar-refractivity contribution >= 4 is 17.1 Å². The molecule has 0 aliphatic heterocycles. The Bertz CT molecular complexity index is 548. The molecular formula is C12H15N3O2. The third kappa shape index (κ3) is 2.43. The largest absolute Gasteiger partial charge is 0.478 e. The molecule has 1 unspecified atom stereocenters. The van der Waals surface area contributed by atoms with Crippen LogP contribution in [0, 0.1) is 5.92 Å². The van der Waals surface area contributed by atoms with Gasteiger partial charge < -0.3 is 10.1 Å². The second kappa shape index (κ2) is 4.53. The van der Waals surface area contributed by atoms with Crippen molar-refractivity contribution in [1.82, 2.24) is 15.0 Å². The van der Waals surface area contributed by atoms with Crippen molar-refractivity contribution in [3.63, 3.8) is 0 Å². The lowest BCUT2D eigenvalue weighted by Gasteiger charge is -2.03. The standard InChI is InChI=1S/C12H15N3O2/c1-3-7(2)4-10-14-9-5-8(12(16)17)6-13-11(9)15-10/h5-7H,3-4H2,1-2H3,(H,16,17)(H,13,14,15). The molecule has 2 heterocycles. The number of aromatic amines is 1. The average Bonchev–Trinajstić information content (AvgIpc) is 2.69. The summed E-state index contributed by atoms with van der Waals surface area (Å²) in [5, 5.41) is 8.86. The van der Waals surface area contributed by atoms with Crippen LogP contribution >= 0.6 is 0 Å².